The zero-order valence-corrected chi connectivity index (χ0v) is 8.23. The summed E-state index contributed by atoms with van der Waals surface area (Å²) in [4.78, 5) is 23.8. The first-order valence-corrected chi connectivity index (χ1v) is 4.59. The molecule has 1 aliphatic heterocycles. The van der Waals surface area contributed by atoms with Gasteiger partial charge in [0.05, 0.1) is 5.56 Å². The molecule has 1 amide bonds. The molecule has 0 radical (unpaired) electrons. The Morgan fingerprint density at radius 3 is 2.87 bits per heavy atom. The second-order valence-corrected chi connectivity index (χ2v) is 3.53. The molecular formula is C10H10N2O3. The standard InChI is InChI=1S/C10H10N2O3/c1-12-5-4-6-8(13)3-2-7(11-15)9(6)10(12)14/h2-3,13H,4-5H2,1H3. The van der Waals surface area contributed by atoms with E-state index >= 15 is 0 Å². The molecule has 0 unspecified atom stereocenters. The molecule has 0 aromatic heterocycles. The third kappa shape index (κ3) is 1.36. The normalized spacial score (nSPS) is 15.0. The highest BCUT2D eigenvalue weighted by atomic mass is 16.3. The summed E-state index contributed by atoms with van der Waals surface area (Å²) in [7, 11) is 1.66. The minimum Gasteiger partial charge on any atom is -0.508 e. The molecular weight excluding hydrogens is 196 g/mol. The zero-order chi connectivity index (χ0) is 11.0. The quantitative estimate of drug-likeness (QED) is 0.706. The minimum absolute atomic E-state index is 0.0545. The van der Waals surface area contributed by atoms with Crippen LogP contribution >= 0.6 is 0 Å². The van der Waals surface area contributed by atoms with Crippen LogP contribution in [0.25, 0.3) is 0 Å². The van der Waals surface area contributed by atoms with Crippen molar-refractivity contribution in [1.82, 2.24) is 4.90 Å². The van der Waals surface area contributed by atoms with Crippen LogP contribution in [0.3, 0.4) is 0 Å². The van der Waals surface area contributed by atoms with E-state index in [0.29, 0.717) is 18.5 Å². The van der Waals surface area contributed by atoms with Crippen LogP contribution in [-0.4, -0.2) is 29.5 Å². The second-order valence-electron chi connectivity index (χ2n) is 3.53. The predicted octanol–water partition coefficient (Wildman–Crippen LogP) is 1.42. The van der Waals surface area contributed by atoms with Crippen molar-refractivity contribution >= 4 is 11.6 Å². The second kappa shape index (κ2) is 3.34. The Hall–Kier alpha value is -1.91. The molecule has 0 atom stereocenters. The van der Waals surface area contributed by atoms with Crippen LogP contribution in [-0.2, 0) is 6.42 Å². The Labute approximate surface area is 86.3 Å². The summed E-state index contributed by atoms with van der Waals surface area (Å²) in [5.74, 6) is -0.208. The fourth-order valence-corrected chi connectivity index (χ4v) is 1.76. The SMILES string of the molecule is CN1CCc2c(O)ccc(N=O)c2C1=O. The summed E-state index contributed by atoms with van der Waals surface area (Å²) >= 11 is 0. The molecule has 15 heavy (non-hydrogen) atoms. The molecule has 1 aliphatic rings. The van der Waals surface area contributed by atoms with Crippen molar-refractivity contribution in [3.05, 3.63) is 28.2 Å². The van der Waals surface area contributed by atoms with Crippen LogP contribution in [0.4, 0.5) is 5.69 Å². The number of phenolic OH excluding ortho intramolecular Hbond substituents is 1. The number of likely N-dealkylation sites (N-methyl/N-ethyl adjacent to an activating group) is 1. The van der Waals surface area contributed by atoms with Crippen LogP contribution in [0.15, 0.2) is 17.3 Å². The van der Waals surface area contributed by atoms with Gasteiger partial charge in [-0.1, -0.05) is 0 Å². The largest absolute Gasteiger partial charge is 0.508 e. The van der Waals surface area contributed by atoms with Gasteiger partial charge in [-0.3, -0.25) is 4.79 Å². The molecule has 0 aliphatic carbocycles. The summed E-state index contributed by atoms with van der Waals surface area (Å²) in [6.07, 6.45) is 0.548. The van der Waals surface area contributed by atoms with Gasteiger partial charge in [0, 0.05) is 19.2 Å². The number of amides is 1. The maximum atomic E-state index is 11.8. The van der Waals surface area contributed by atoms with E-state index in [-0.39, 0.29) is 22.9 Å². The van der Waals surface area contributed by atoms with Gasteiger partial charge in [0.25, 0.3) is 5.91 Å². The van der Waals surface area contributed by atoms with E-state index in [1.807, 2.05) is 0 Å². The molecule has 5 heteroatoms. The van der Waals surface area contributed by atoms with Gasteiger partial charge in [-0.15, -0.1) is 4.91 Å². The first-order valence-electron chi connectivity index (χ1n) is 4.59. The van der Waals surface area contributed by atoms with E-state index in [9.17, 15) is 14.8 Å². The Kier molecular flexibility index (Phi) is 2.15. The first kappa shape index (κ1) is 9.64. The third-order valence-electron chi connectivity index (χ3n) is 2.62. The van der Waals surface area contributed by atoms with Gasteiger partial charge in [-0.25, -0.2) is 0 Å². The maximum absolute atomic E-state index is 11.8. The zero-order valence-electron chi connectivity index (χ0n) is 8.23. The van der Waals surface area contributed by atoms with Crippen LogP contribution in [0, 0.1) is 4.91 Å². The number of benzene rings is 1. The highest BCUT2D eigenvalue weighted by Crippen LogP contribution is 2.33. The Morgan fingerprint density at radius 2 is 2.20 bits per heavy atom. The van der Waals surface area contributed by atoms with Crippen LogP contribution in [0.5, 0.6) is 5.75 Å². The predicted molar refractivity (Wildman–Crippen MR) is 54.2 cm³/mol. The van der Waals surface area contributed by atoms with Crippen molar-refractivity contribution in [2.24, 2.45) is 5.18 Å². The van der Waals surface area contributed by atoms with E-state index in [0.717, 1.165) is 0 Å². The number of nitrogens with zero attached hydrogens (tertiary/aromatic N) is 2. The summed E-state index contributed by atoms with van der Waals surface area (Å²) in [6, 6.07) is 2.76. The van der Waals surface area contributed by atoms with Crippen LogP contribution < -0.4 is 0 Å². The summed E-state index contributed by atoms with van der Waals surface area (Å²) in [5.41, 5.74) is 0.855. The number of nitroso groups, excluding NO2 is 1. The topological polar surface area (TPSA) is 70.0 Å². The molecule has 0 bridgehead atoms. The number of aromatic hydroxyl groups is 1. The average molecular weight is 206 g/mol. The van der Waals surface area contributed by atoms with Gasteiger partial charge in [-0.05, 0) is 23.7 Å². The highest BCUT2D eigenvalue weighted by Gasteiger charge is 2.27. The third-order valence-corrected chi connectivity index (χ3v) is 2.62. The van der Waals surface area contributed by atoms with E-state index in [2.05, 4.69) is 5.18 Å². The van der Waals surface area contributed by atoms with Crippen molar-refractivity contribution in [3.8, 4) is 5.75 Å². The molecule has 0 fully saturated rings. The van der Waals surface area contributed by atoms with Gasteiger partial charge < -0.3 is 10.0 Å². The van der Waals surface area contributed by atoms with E-state index in [1.54, 1.807) is 7.05 Å². The average Bonchev–Trinajstić information content (AvgIpc) is 2.24. The summed E-state index contributed by atoms with van der Waals surface area (Å²) in [6.45, 7) is 0.543. The van der Waals surface area contributed by atoms with Crippen molar-refractivity contribution < 1.29 is 9.90 Å². The minimum atomic E-state index is -0.262. The molecule has 1 heterocycles. The van der Waals surface area contributed by atoms with Gasteiger partial charge >= 0.3 is 0 Å². The Bertz CT molecular complexity index is 443. The number of carbonyl (C=O) groups excluding carboxylic acids is 1. The highest BCUT2D eigenvalue weighted by molar-refractivity contribution is 6.01. The lowest BCUT2D eigenvalue weighted by Gasteiger charge is -2.25. The molecule has 2 rings (SSSR count). The summed E-state index contributed by atoms with van der Waals surface area (Å²) in [5, 5.41) is 12.4. The number of phenols is 1. The van der Waals surface area contributed by atoms with Crippen molar-refractivity contribution in [1.29, 1.82) is 0 Å². The molecule has 1 aromatic rings. The van der Waals surface area contributed by atoms with Gasteiger partial charge in [0.1, 0.15) is 11.4 Å². The smallest absolute Gasteiger partial charge is 0.256 e. The van der Waals surface area contributed by atoms with E-state index in [4.69, 9.17) is 0 Å². The molecule has 0 spiro atoms. The Morgan fingerprint density at radius 1 is 1.47 bits per heavy atom. The van der Waals surface area contributed by atoms with E-state index < -0.39 is 0 Å². The first-order chi connectivity index (χ1) is 7.15. The fourth-order valence-electron chi connectivity index (χ4n) is 1.76. The lowest BCUT2D eigenvalue weighted by molar-refractivity contribution is 0.0780. The molecule has 78 valence electrons. The molecule has 1 N–H and O–H groups in total. The monoisotopic (exact) mass is 206 g/mol. The fraction of sp³-hybridized carbons (Fsp3) is 0.300. The van der Waals surface area contributed by atoms with Crippen molar-refractivity contribution in [2.75, 3.05) is 13.6 Å². The van der Waals surface area contributed by atoms with Crippen molar-refractivity contribution in [3.63, 3.8) is 0 Å². The maximum Gasteiger partial charge on any atom is 0.256 e. The lowest BCUT2D eigenvalue weighted by Crippen LogP contribution is -2.34. The molecule has 0 saturated heterocycles. The van der Waals surface area contributed by atoms with Gasteiger partial charge in [-0.2, -0.15) is 0 Å². The number of hydrogen-bond donors (Lipinski definition) is 1. The number of carbonyl (C=O) groups is 1. The van der Waals surface area contributed by atoms with Crippen LogP contribution in [0.1, 0.15) is 15.9 Å². The van der Waals surface area contributed by atoms with Gasteiger partial charge in [0.2, 0.25) is 0 Å². The van der Waals surface area contributed by atoms with Crippen LogP contribution in [0.2, 0.25) is 0 Å². The number of rotatable bonds is 1. The number of fused-ring (bicyclic) bond motifs is 1. The van der Waals surface area contributed by atoms with E-state index in [1.165, 1.54) is 17.0 Å². The molecule has 1 aromatic carbocycles. The van der Waals surface area contributed by atoms with Gasteiger partial charge in [0.15, 0.2) is 0 Å². The lowest BCUT2D eigenvalue weighted by atomic mass is 9.97. The molecule has 5 nitrogen and oxygen atoms in total. The molecule has 0 saturated carbocycles. The summed E-state index contributed by atoms with van der Waals surface area (Å²) < 4.78 is 0. The number of hydrogen-bond acceptors (Lipinski definition) is 4. The Balaban J connectivity index is 2.68. The van der Waals surface area contributed by atoms with Crippen molar-refractivity contribution in [2.45, 2.75) is 6.42 Å².